The summed E-state index contributed by atoms with van der Waals surface area (Å²) in [6.07, 6.45) is 4.56. The number of hydrogen-bond donors (Lipinski definition) is 1. The van der Waals surface area contributed by atoms with Gasteiger partial charge in [0.25, 0.3) is 5.91 Å². The minimum atomic E-state index is -0.662. The standard InChI is InChI=1S/C13H18N2OS/c1-10-5-3-6-11(9-10)17(2)15-12(16)13(14)7-4-8-13/h3,5-6,9H,4,7-8,14H2,1-2H3/t17-/m0/s1. The van der Waals surface area contributed by atoms with E-state index in [0.717, 1.165) is 24.2 Å². The van der Waals surface area contributed by atoms with E-state index in [-0.39, 0.29) is 5.91 Å². The first-order chi connectivity index (χ1) is 8.01. The van der Waals surface area contributed by atoms with Crippen molar-refractivity contribution in [2.24, 2.45) is 10.1 Å². The maximum atomic E-state index is 11.9. The molecule has 1 aromatic carbocycles. The summed E-state index contributed by atoms with van der Waals surface area (Å²) in [6, 6.07) is 8.12. The van der Waals surface area contributed by atoms with Gasteiger partial charge in [-0.25, -0.2) is 0 Å². The summed E-state index contributed by atoms with van der Waals surface area (Å²) >= 11 is 0. The molecule has 0 aromatic heterocycles. The molecule has 0 heterocycles. The van der Waals surface area contributed by atoms with Gasteiger partial charge in [0.05, 0.1) is 5.54 Å². The summed E-state index contributed by atoms with van der Waals surface area (Å²) in [5, 5.41) is 0. The Morgan fingerprint density at radius 3 is 2.71 bits per heavy atom. The Bertz CT molecular complexity index is 478. The lowest BCUT2D eigenvalue weighted by Crippen LogP contribution is -2.52. The topological polar surface area (TPSA) is 55.5 Å². The predicted molar refractivity (Wildman–Crippen MR) is 70.9 cm³/mol. The van der Waals surface area contributed by atoms with Crippen LogP contribution in [-0.2, 0) is 15.5 Å². The number of aryl methyl sites for hydroxylation is 1. The number of rotatable bonds is 2. The first-order valence-corrected chi connectivity index (χ1v) is 7.38. The number of benzene rings is 1. The van der Waals surface area contributed by atoms with Crippen LogP contribution in [0.25, 0.3) is 0 Å². The minimum Gasteiger partial charge on any atom is -0.317 e. The summed E-state index contributed by atoms with van der Waals surface area (Å²) in [7, 11) is -0.393. The van der Waals surface area contributed by atoms with Gasteiger partial charge in [0.2, 0.25) is 0 Å². The molecule has 2 rings (SSSR count). The smallest absolute Gasteiger partial charge is 0.271 e. The second kappa shape index (κ2) is 4.70. The van der Waals surface area contributed by atoms with Crippen LogP contribution >= 0.6 is 0 Å². The summed E-state index contributed by atoms with van der Waals surface area (Å²) in [5.41, 5.74) is 6.49. The van der Waals surface area contributed by atoms with Gasteiger partial charge >= 0.3 is 0 Å². The lowest BCUT2D eigenvalue weighted by atomic mass is 9.77. The van der Waals surface area contributed by atoms with Gasteiger partial charge in [-0.2, -0.15) is 4.36 Å². The van der Waals surface area contributed by atoms with Crippen molar-refractivity contribution >= 4 is 16.6 Å². The van der Waals surface area contributed by atoms with Gasteiger partial charge < -0.3 is 5.73 Å². The molecule has 1 fully saturated rings. The molecule has 1 aliphatic carbocycles. The molecule has 1 atom stereocenters. The van der Waals surface area contributed by atoms with Gasteiger partial charge in [0.1, 0.15) is 0 Å². The van der Waals surface area contributed by atoms with Crippen LogP contribution < -0.4 is 5.73 Å². The normalized spacial score (nSPS) is 19.7. The Kier molecular flexibility index (Phi) is 3.45. The van der Waals surface area contributed by atoms with Gasteiger partial charge in [-0.1, -0.05) is 22.8 Å². The van der Waals surface area contributed by atoms with Crippen molar-refractivity contribution in [3.05, 3.63) is 29.8 Å². The minimum absolute atomic E-state index is 0.129. The average molecular weight is 250 g/mol. The van der Waals surface area contributed by atoms with E-state index in [2.05, 4.69) is 10.4 Å². The Balaban J connectivity index is 2.19. The van der Waals surface area contributed by atoms with Crippen molar-refractivity contribution in [3.63, 3.8) is 0 Å². The fraction of sp³-hybridized carbons (Fsp3) is 0.462. The van der Waals surface area contributed by atoms with E-state index < -0.39 is 16.2 Å². The molecule has 0 bridgehead atoms. The van der Waals surface area contributed by atoms with Crippen LogP contribution in [0.15, 0.2) is 33.5 Å². The number of carbonyl (C=O) groups is 1. The Morgan fingerprint density at radius 1 is 1.47 bits per heavy atom. The molecule has 1 aromatic rings. The Hall–Kier alpha value is -1.00. The average Bonchev–Trinajstić information content (AvgIpc) is 2.25. The van der Waals surface area contributed by atoms with E-state index in [9.17, 15) is 4.79 Å². The monoisotopic (exact) mass is 250 g/mol. The zero-order valence-electron chi connectivity index (χ0n) is 10.3. The zero-order chi connectivity index (χ0) is 12.5. The van der Waals surface area contributed by atoms with Gasteiger partial charge in [0.15, 0.2) is 0 Å². The summed E-state index contributed by atoms with van der Waals surface area (Å²) in [5.74, 6) is -0.129. The van der Waals surface area contributed by atoms with Crippen molar-refractivity contribution < 1.29 is 4.79 Å². The molecule has 1 saturated carbocycles. The van der Waals surface area contributed by atoms with Crippen LogP contribution in [0.5, 0.6) is 0 Å². The molecule has 92 valence electrons. The number of nitrogens with zero attached hydrogens (tertiary/aromatic N) is 1. The van der Waals surface area contributed by atoms with Crippen LogP contribution in [0.3, 0.4) is 0 Å². The highest BCUT2D eigenvalue weighted by molar-refractivity contribution is 7.87. The predicted octanol–water partition coefficient (Wildman–Crippen LogP) is 2.19. The summed E-state index contributed by atoms with van der Waals surface area (Å²) in [4.78, 5) is 13.0. The molecule has 0 spiro atoms. The largest absolute Gasteiger partial charge is 0.317 e. The third-order valence-corrected chi connectivity index (χ3v) is 4.60. The molecule has 1 aliphatic rings. The molecular formula is C13H18N2OS. The van der Waals surface area contributed by atoms with Gasteiger partial charge in [0, 0.05) is 4.90 Å². The van der Waals surface area contributed by atoms with Crippen molar-refractivity contribution in [3.8, 4) is 0 Å². The second-order valence-corrected chi connectivity index (χ2v) is 6.31. The van der Waals surface area contributed by atoms with Crippen LogP contribution in [0, 0.1) is 6.92 Å². The SMILES string of the molecule is Cc1cccc([S@](C)=NC(=O)C2(N)CCC2)c1. The maximum Gasteiger partial charge on any atom is 0.271 e. The molecule has 2 N–H and O–H groups in total. The number of nitrogens with two attached hydrogens (primary N) is 1. The summed E-state index contributed by atoms with van der Waals surface area (Å²) < 4.78 is 4.25. The van der Waals surface area contributed by atoms with E-state index in [1.54, 1.807) is 0 Å². The third kappa shape index (κ3) is 2.64. The van der Waals surface area contributed by atoms with E-state index in [1.807, 2.05) is 31.4 Å². The highest BCUT2D eigenvalue weighted by Crippen LogP contribution is 2.30. The number of hydrogen-bond acceptors (Lipinski definition) is 2. The molecule has 0 saturated heterocycles. The third-order valence-electron chi connectivity index (χ3n) is 3.22. The first-order valence-electron chi connectivity index (χ1n) is 5.79. The number of amides is 1. The van der Waals surface area contributed by atoms with Crippen molar-refractivity contribution in [1.29, 1.82) is 0 Å². The van der Waals surface area contributed by atoms with Crippen LogP contribution in [0.1, 0.15) is 24.8 Å². The van der Waals surface area contributed by atoms with Gasteiger partial charge in [-0.3, -0.25) is 4.79 Å². The van der Waals surface area contributed by atoms with E-state index >= 15 is 0 Å². The molecule has 0 aliphatic heterocycles. The van der Waals surface area contributed by atoms with Crippen molar-refractivity contribution in [1.82, 2.24) is 0 Å². The van der Waals surface area contributed by atoms with Crippen LogP contribution in [0.2, 0.25) is 0 Å². The van der Waals surface area contributed by atoms with E-state index in [4.69, 9.17) is 5.73 Å². The van der Waals surface area contributed by atoms with Gasteiger partial charge in [-0.15, -0.1) is 0 Å². The van der Waals surface area contributed by atoms with E-state index in [1.165, 1.54) is 5.56 Å². The lowest BCUT2D eigenvalue weighted by Gasteiger charge is -2.34. The number of carbonyl (C=O) groups excluding carboxylic acids is 1. The fourth-order valence-electron chi connectivity index (χ4n) is 1.84. The quantitative estimate of drug-likeness (QED) is 0.874. The molecule has 0 unspecified atom stereocenters. The summed E-state index contributed by atoms with van der Waals surface area (Å²) in [6.45, 7) is 2.04. The molecular weight excluding hydrogens is 232 g/mol. The van der Waals surface area contributed by atoms with Crippen LogP contribution in [0.4, 0.5) is 0 Å². The molecule has 4 heteroatoms. The maximum absolute atomic E-state index is 11.9. The van der Waals surface area contributed by atoms with Crippen LogP contribution in [-0.4, -0.2) is 17.7 Å². The Morgan fingerprint density at radius 2 is 2.18 bits per heavy atom. The highest BCUT2D eigenvalue weighted by Gasteiger charge is 2.40. The van der Waals surface area contributed by atoms with Gasteiger partial charge in [-0.05, 0) is 50.1 Å². The molecule has 1 amide bonds. The van der Waals surface area contributed by atoms with E-state index in [0.29, 0.717) is 0 Å². The zero-order valence-corrected chi connectivity index (χ0v) is 11.1. The lowest BCUT2D eigenvalue weighted by molar-refractivity contribution is -0.125. The first kappa shape index (κ1) is 12.5. The van der Waals surface area contributed by atoms with Crippen molar-refractivity contribution in [2.45, 2.75) is 36.6 Å². The second-order valence-electron chi connectivity index (χ2n) is 4.70. The Labute approximate surface area is 105 Å². The molecule has 3 nitrogen and oxygen atoms in total. The highest BCUT2D eigenvalue weighted by atomic mass is 32.2. The molecule has 17 heavy (non-hydrogen) atoms. The fourth-order valence-corrected chi connectivity index (χ4v) is 3.01. The molecule has 0 radical (unpaired) electrons. The van der Waals surface area contributed by atoms with Crippen molar-refractivity contribution in [2.75, 3.05) is 6.26 Å².